The molecule has 2 rings (SSSR count). The summed E-state index contributed by atoms with van der Waals surface area (Å²) in [6.45, 7) is 12.5. The van der Waals surface area contributed by atoms with Crippen molar-refractivity contribution >= 4 is 17.5 Å². The van der Waals surface area contributed by atoms with Crippen LogP contribution in [-0.4, -0.2) is 18.4 Å². The summed E-state index contributed by atoms with van der Waals surface area (Å²) >= 11 is 0. The Kier molecular flexibility index (Phi) is 7.38. The minimum atomic E-state index is -0.163. The molecule has 0 radical (unpaired) electrons. The summed E-state index contributed by atoms with van der Waals surface area (Å²) in [5, 5.41) is 2.94. The summed E-state index contributed by atoms with van der Waals surface area (Å²) < 4.78 is 0. The molecule has 0 aliphatic carbocycles. The van der Waals surface area contributed by atoms with Gasteiger partial charge in [0.25, 0.3) is 0 Å². The fourth-order valence-corrected chi connectivity index (χ4v) is 3.28. The van der Waals surface area contributed by atoms with E-state index < -0.39 is 0 Å². The number of hydrogen-bond acceptors (Lipinski definition) is 2. The Morgan fingerprint density at radius 1 is 0.929 bits per heavy atom. The Morgan fingerprint density at radius 3 is 1.93 bits per heavy atom. The van der Waals surface area contributed by atoms with Crippen molar-refractivity contribution in [3.8, 4) is 0 Å². The molecular weight excluding hydrogens is 348 g/mol. The Hall–Kier alpha value is -2.62. The molecule has 2 amide bonds. The molecule has 0 atom stereocenters. The molecule has 150 valence electrons. The number of hydrogen-bond donors (Lipinski definition) is 1. The van der Waals surface area contributed by atoms with Gasteiger partial charge in [0.05, 0.1) is 5.69 Å². The van der Waals surface area contributed by atoms with Crippen molar-refractivity contribution in [2.75, 3.05) is 11.4 Å². The van der Waals surface area contributed by atoms with Gasteiger partial charge < -0.3 is 10.2 Å². The van der Waals surface area contributed by atoms with Crippen LogP contribution in [0.25, 0.3) is 0 Å². The number of aryl methyl sites for hydroxylation is 1. The molecular formula is C24H32N2O2. The van der Waals surface area contributed by atoms with E-state index in [1.807, 2.05) is 49.4 Å². The maximum Gasteiger partial charge on any atom is 0.240 e. The average molecular weight is 381 g/mol. The molecule has 2 aromatic rings. The largest absolute Gasteiger partial charge is 0.350 e. The van der Waals surface area contributed by atoms with E-state index in [9.17, 15) is 9.59 Å². The van der Waals surface area contributed by atoms with Crippen LogP contribution in [0.3, 0.4) is 0 Å². The summed E-state index contributed by atoms with van der Waals surface area (Å²) in [4.78, 5) is 26.7. The summed E-state index contributed by atoms with van der Waals surface area (Å²) in [6, 6.07) is 14.2. The third-order valence-electron chi connectivity index (χ3n) is 4.90. The lowest BCUT2D eigenvalue weighted by Gasteiger charge is -2.29. The highest BCUT2D eigenvalue weighted by molar-refractivity contribution is 5.99. The summed E-state index contributed by atoms with van der Waals surface area (Å²) in [7, 11) is 0. The molecule has 4 heteroatoms. The number of nitrogens with one attached hydrogen (secondary N) is 1. The van der Waals surface area contributed by atoms with E-state index in [2.05, 4.69) is 33.0 Å². The standard InChI is InChI=1S/C24H32N2O2/c1-16(2)21-8-7-9-22(17(3)4)24(21)26(19(6)27)15-23(28)25-14-20-12-10-18(5)11-13-20/h7-13,16-17H,14-15H2,1-6H3,(H,25,28). The molecule has 0 saturated heterocycles. The van der Waals surface area contributed by atoms with E-state index in [-0.39, 0.29) is 30.2 Å². The molecule has 1 N–H and O–H groups in total. The van der Waals surface area contributed by atoms with Crippen molar-refractivity contribution in [2.45, 2.75) is 59.9 Å². The topological polar surface area (TPSA) is 49.4 Å². The smallest absolute Gasteiger partial charge is 0.240 e. The highest BCUT2D eigenvalue weighted by atomic mass is 16.2. The fraction of sp³-hybridized carbons (Fsp3) is 0.417. The van der Waals surface area contributed by atoms with Crippen LogP contribution >= 0.6 is 0 Å². The van der Waals surface area contributed by atoms with E-state index in [0.717, 1.165) is 22.4 Å². The van der Waals surface area contributed by atoms with Crippen molar-refractivity contribution in [1.29, 1.82) is 0 Å². The first-order valence-electron chi connectivity index (χ1n) is 9.93. The number of nitrogens with zero attached hydrogens (tertiary/aromatic N) is 1. The lowest BCUT2D eigenvalue weighted by atomic mass is 9.91. The molecule has 0 aliphatic rings. The normalized spacial score (nSPS) is 11.0. The number of para-hydroxylation sites is 1. The van der Waals surface area contributed by atoms with E-state index in [0.29, 0.717) is 6.54 Å². The number of amides is 2. The second-order valence-electron chi connectivity index (χ2n) is 7.96. The number of anilines is 1. The van der Waals surface area contributed by atoms with Crippen LogP contribution in [0.2, 0.25) is 0 Å². The van der Waals surface area contributed by atoms with Crippen LogP contribution in [0.1, 0.15) is 68.7 Å². The highest BCUT2D eigenvalue weighted by Gasteiger charge is 2.24. The first-order chi connectivity index (χ1) is 13.2. The van der Waals surface area contributed by atoms with Crippen LogP contribution < -0.4 is 10.2 Å². The van der Waals surface area contributed by atoms with Gasteiger partial charge in [-0.25, -0.2) is 0 Å². The Labute approximate surface area is 169 Å². The van der Waals surface area contributed by atoms with Crippen LogP contribution in [-0.2, 0) is 16.1 Å². The third-order valence-corrected chi connectivity index (χ3v) is 4.90. The maximum absolute atomic E-state index is 12.6. The van der Waals surface area contributed by atoms with Gasteiger partial charge in [-0.05, 0) is 35.4 Å². The Morgan fingerprint density at radius 2 is 1.46 bits per heavy atom. The summed E-state index contributed by atoms with van der Waals surface area (Å²) in [5.41, 5.74) is 5.29. The third kappa shape index (κ3) is 5.44. The Balaban J connectivity index is 2.24. The fourth-order valence-electron chi connectivity index (χ4n) is 3.28. The highest BCUT2D eigenvalue weighted by Crippen LogP contribution is 2.35. The predicted molar refractivity (Wildman–Crippen MR) is 116 cm³/mol. The molecule has 0 heterocycles. The molecule has 0 fully saturated rings. The zero-order valence-corrected chi connectivity index (χ0v) is 17.9. The second kappa shape index (κ2) is 9.54. The van der Waals surface area contributed by atoms with Gasteiger partial charge >= 0.3 is 0 Å². The minimum Gasteiger partial charge on any atom is -0.350 e. The molecule has 0 spiro atoms. The van der Waals surface area contributed by atoms with Crippen molar-refractivity contribution in [2.24, 2.45) is 0 Å². The summed E-state index contributed by atoms with van der Waals surface area (Å²) in [5.74, 6) is 0.224. The molecule has 4 nitrogen and oxygen atoms in total. The molecule has 2 aromatic carbocycles. The van der Waals surface area contributed by atoms with Crippen molar-refractivity contribution in [3.63, 3.8) is 0 Å². The lowest BCUT2D eigenvalue weighted by molar-refractivity contribution is -0.123. The number of benzene rings is 2. The van der Waals surface area contributed by atoms with Gasteiger partial charge in [-0.1, -0.05) is 75.7 Å². The van der Waals surface area contributed by atoms with E-state index >= 15 is 0 Å². The molecule has 0 aromatic heterocycles. The molecule has 28 heavy (non-hydrogen) atoms. The second-order valence-corrected chi connectivity index (χ2v) is 7.96. The van der Waals surface area contributed by atoms with Gasteiger partial charge in [0.15, 0.2) is 0 Å². The van der Waals surface area contributed by atoms with Gasteiger partial charge in [-0.15, -0.1) is 0 Å². The molecule has 0 saturated carbocycles. The zero-order valence-electron chi connectivity index (χ0n) is 17.9. The molecule has 0 bridgehead atoms. The average Bonchev–Trinajstić information content (AvgIpc) is 2.64. The quantitative estimate of drug-likeness (QED) is 0.742. The van der Waals surface area contributed by atoms with Gasteiger partial charge in [0, 0.05) is 13.5 Å². The van der Waals surface area contributed by atoms with Crippen LogP contribution in [0, 0.1) is 6.92 Å². The first-order valence-corrected chi connectivity index (χ1v) is 9.93. The van der Waals surface area contributed by atoms with Crippen molar-refractivity contribution < 1.29 is 9.59 Å². The maximum atomic E-state index is 12.6. The molecule has 0 unspecified atom stereocenters. The number of carbonyl (C=O) groups excluding carboxylic acids is 2. The lowest BCUT2D eigenvalue weighted by Crippen LogP contribution is -2.40. The van der Waals surface area contributed by atoms with E-state index in [1.54, 1.807) is 4.90 Å². The zero-order chi connectivity index (χ0) is 20.8. The van der Waals surface area contributed by atoms with Crippen molar-refractivity contribution in [3.05, 3.63) is 64.7 Å². The number of rotatable bonds is 7. The minimum absolute atomic E-state index is 0.0185. The SMILES string of the molecule is CC(=O)N(CC(=O)NCc1ccc(C)cc1)c1c(C(C)C)cccc1C(C)C. The van der Waals surface area contributed by atoms with Gasteiger partial charge in [0.2, 0.25) is 11.8 Å². The van der Waals surface area contributed by atoms with Crippen LogP contribution in [0.5, 0.6) is 0 Å². The molecule has 0 aliphatic heterocycles. The first kappa shape index (κ1) is 21.7. The van der Waals surface area contributed by atoms with Crippen LogP contribution in [0.15, 0.2) is 42.5 Å². The van der Waals surface area contributed by atoms with Crippen LogP contribution in [0.4, 0.5) is 5.69 Å². The van der Waals surface area contributed by atoms with Crippen molar-refractivity contribution in [1.82, 2.24) is 5.32 Å². The van der Waals surface area contributed by atoms with Gasteiger partial charge in [-0.2, -0.15) is 0 Å². The monoisotopic (exact) mass is 380 g/mol. The van der Waals surface area contributed by atoms with Gasteiger partial charge in [-0.3, -0.25) is 9.59 Å². The Bertz CT molecular complexity index is 797. The number of carbonyl (C=O) groups is 2. The summed E-state index contributed by atoms with van der Waals surface area (Å²) in [6.07, 6.45) is 0. The van der Waals surface area contributed by atoms with E-state index in [4.69, 9.17) is 0 Å². The van der Waals surface area contributed by atoms with E-state index in [1.165, 1.54) is 12.5 Å². The predicted octanol–water partition coefficient (Wildman–Crippen LogP) is 4.91. The van der Waals surface area contributed by atoms with Gasteiger partial charge in [0.1, 0.15) is 6.54 Å².